The van der Waals surface area contributed by atoms with Gasteiger partial charge in [-0.15, -0.1) is 0 Å². The monoisotopic (exact) mass is 191 g/mol. The summed E-state index contributed by atoms with van der Waals surface area (Å²) >= 11 is 0. The van der Waals surface area contributed by atoms with Crippen LogP contribution in [0.4, 0.5) is 0 Å². The molecule has 0 aromatic heterocycles. The molecule has 0 unspecified atom stereocenters. The third-order valence-corrected chi connectivity index (χ3v) is 2.76. The molecule has 0 saturated heterocycles. The van der Waals surface area contributed by atoms with Crippen LogP contribution in [0.2, 0.25) is 0 Å². The summed E-state index contributed by atoms with van der Waals surface area (Å²) in [6.07, 6.45) is 0.941. The molecule has 0 aliphatic carbocycles. The zero-order valence-electron chi connectivity index (χ0n) is 8.10. The highest BCUT2D eigenvalue weighted by molar-refractivity contribution is 5.76. The lowest BCUT2D eigenvalue weighted by atomic mass is 9.93. The molecule has 0 fully saturated rings. The molecular weight excluding hydrogens is 178 g/mol. The number of carbonyl (C=O) groups is 1. The van der Waals surface area contributed by atoms with E-state index in [2.05, 4.69) is 0 Å². The Morgan fingerprint density at radius 1 is 1.50 bits per heavy atom. The van der Waals surface area contributed by atoms with Crippen molar-refractivity contribution in [1.82, 2.24) is 4.90 Å². The molecule has 1 aliphatic heterocycles. The van der Waals surface area contributed by atoms with E-state index < -0.39 is 12.0 Å². The number of rotatable bonds is 1. The summed E-state index contributed by atoms with van der Waals surface area (Å²) in [5.41, 5.74) is 2.10. The molecule has 0 bridgehead atoms. The van der Waals surface area contributed by atoms with Gasteiger partial charge in [0.05, 0.1) is 0 Å². The van der Waals surface area contributed by atoms with Crippen LogP contribution < -0.4 is 0 Å². The number of fused-ring (bicyclic) bond motifs is 1. The van der Waals surface area contributed by atoms with E-state index in [0.717, 1.165) is 24.1 Å². The molecule has 0 radical (unpaired) electrons. The zero-order valence-corrected chi connectivity index (χ0v) is 8.10. The lowest BCUT2D eigenvalue weighted by molar-refractivity contribution is -0.143. The average Bonchev–Trinajstić information content (AvgIpc) is 2.17. The minimum absolute atomic E-state index is 0.472. The summed E-state index contributed by atoms with van der Waals surface area (Å²) in [5.74, 6) is -0.764. The number of aliphatic carboxylic acids is 1. The van der Waals surface area contributed by atoms with Crippen LogP contribution in [0.1, 0.15) is 17.2 Å². The molecule has 1 aromatic carbocycles. The maximum absolute atomic E-state index is 11.1. The summed E-state index contributed by atoms with van der Waals surface area (Å²) in [4.78, 5) is 13.0. The van der Waals surface area contributed by atoms with Gasteiger partial charge >= 0.3 is 5.97 Å². The number of likely N-dealkylation sites (N-methyl/N-ethyl adjacent to an activating group) is 1. The van der Waals surface area contributed by atoms with E-state index in [9.17, 15) is 4.79 Å². The van der Waals surface area contributed by atoms with Gasteiger partial charge < -0.3 is 5.11 Å². The predicted molar refractivity (Wildman–Crippen MR) is 53.2 cm³/mol. The highest BCUT2D eigenvalue weighted by Gasteiger charge is 2.29. The van der Waals surface area contributed by atoms with Gasteiger partial charge in [-0.1, -0.05) is 24.3 Å². The van der Waals surface area contributed by atoms with Gasteiger partial charge in [0.15, 0.2) is 0 Å². The van der Waals surface area contributed by atoms with Crippen LogP contribution in [0.15, 0.2) is 24.3 Å². The van der Waals surface area contributed by atoms with Crippen LogP contribution in [-0.2, 0) is 11.2 Å². The van der Waals surface area contributed by atoms with E-state index in [4.69, 9.17) is 5.11 Å². The Labute approximate surface area is 83.0 Å². The van der Waals surface area contributed by atoms with Crippen molar-refractivity contribution in [3.63, 3.8) is 0 Å². The first-order valence-corrected chi connectivity index (χ1v) is 4.71. The lowest BCUT2D eigenvalue weighted by Crippen LogP contribution is -2.36. The van der Waals surface area contributed by atoms with Gasteiger partial charge in [0.2, 0.25) is 0 Å². The van der Waals surface area contributed by atoms with Gasteiger partial charge in [-0.25, -0.2) is 0 Å². The van der Waals surface area contributed by atoms with Crippen molar-refractivity contribution in [3.05, 3.63) is 35.4 Å². The average molecular weight is 191 g/mol. The van der Waals surface area contributed by atoms with Crippen LogP contribution in [0, 0.1) is 0 Å². The van der Waals surface area contributed by atoms with Crippen molar-refractivity contribution in [2.75, 3.05) is 13.6 Å². The summed E-state index contributed by atoms with van der Waals surface area (Å²) in [7, 11) is 1.86. The lowest BCUT2D eigenvalue weighted by Gasteiger charge is -2.31. The third-order valence-electron chi connectivity index (χ3n) is 2.76. The van der Waals surface area contributed by atoms with Gasteiger partial charge in [-0.05, 0) is 24.6 Å². The van der Waals surface area contributed by atoms with Gasteiger partial charge in [-0.3, -0.25) is 9.69 Å². The van der Waals surface area contributed by atoms with Crippen LogP contribution in [-0.4, -0.2) is 29.6 Å². The first-order valence-electron chi connectivity index (χ1n) is 4.71. The third kappa shape index (κ3) is 1.40. The molecule has 3 nitrogen and oxygen atoms in total. The van der Waals surface area contributed by atoms with E-state index in [1.165, 1.54) is 0 Å². The molecular formula is C11H13NO2. The van der Waals surface area contributed by atoms with Crippen molar-refractivity contribution in [3.8, 4) is 0 Å². The minimum Gasteiger partial charge on any atom is -0.480 e. The second kappa shape index (κ2) is 3.42. The van der Waals surface area contributed by atoms with E-state index >= 15 is 0 Å². The summed E-state index contributed by atoms with van der Waals surface area (Å²) < 4.78 is 0. The van der Waals surface area contributed by atoms with Crippen molar-refractivity contribution in [2.45, 2.75) is 12.5 Å². The van der Waals surface area contributed by atoms with Crippen LogP contribution in [0.25, 0.3) is 0 Å². The highest BCUT2D eigenvalue weighted by atomic mass is 16.4. The molecule has 1 aliphatic rings. The maximum Gasteiger partial charge on any atom is 0.325 e. The number of benzene rings is 1. The second-order valence-electron chi connectivity index (χ2n) is 3.67. The van der Waals surface area contributed by atoms with Gasteiger partial charge in [0, 0.05) is 6.54 Å². The van der Waals surface area contributed by atoms with Crippen molar-refractivity contribution in [1.29, 1.82) is 0 Å². The standard InChI is InChI=1S/C11H13NO2/c1-12-7-6-8-4-2-3-5-9(8)10(12)11(13)14/h2-5,10H,6-7H2,1H3,(H,13,14)/t10-/m1/s1. The van der Waals surface area contributed by atoms with Crippen molar-refractivity contribution >= 4 is 5.97 Å². The van der Waals surface area contributed by atoms with E-state index in [1.54, 1.807) is 0 Å². The molecule has 2 rings (SSSR count). The normalized spacial score (nSPS) is 21.6. The molecule has 74 valence electrons. The number of carboxylic acid groups (broad SMARTS) is 1. The second-order valence-corrected chi connectivity index (χ2v) is 3.67. The quantitative estimate of drug-likeness (QED) is 0.727. The predicted octanol–water partition coefficient (Wildman–Crippen LogP) is 1.30. The van der Waals surface area contributed by atoms with E-state index in [0.29, 0.717) is 0 Å². The molecule has 0 spiro atoms. The largest absolute Gasteiger partial charge is 0.480 e. The Bertz CT molecular complexity index is 362. The molecule has 0 saturated carbocycles. The fraction of sp³-hybridized carbons (Fsp3) is 0.364. The maximum atomic E-state index is 11.1. The Morgan fingerprint density at radius 3 is 2.93 bits per heavy atom. The van der Waals surface area contributed by atoms with E-state index in [-0.39, 0.29) is 0 Å². The summed E-state index contributed by atoms with van der Waals surface area (Å²) in [5, 5.41) is 9.11. The van der Waals surface area contributed by atoms with Crippen LogP contribution >= 0.6 is 0 Å². The Morgan fingerprint density at radius 2 is 2.21 bits per heavy atom. The number of carboxylic acids is 1. The van der Waals surface area contributed by atoms with Crippen molar-refractivity contribution < 1.29 is 9.90 Å². The Hall–Kier alpha value is -1.35. The van der Waals surface area contributed by atoms with Crippen LogP contribution in [0.5, 0.6) is 0 Å². The topological polar surface area (TPSA) is 40.5 Å². The van der Waals surface area contributed by atoms with Gasteiger partial charge in [0.1, 0.15) is 6.04 Å². The van der Waals surface area contributed by atoms with Crippen LogP contribution in [0.3, 0.4) is 0 Å². The zero-order chi connectivity index (χ0) is 10.1. The highest BCUT2D eigenvalue weighted by Crippen LogP contribution is 2.28. The number of hydrogen-bond acceptors (Lipinski definition) is 2. The molecule has 1 aromatic rings. The van der Waals surface area contributed by atoms with Gasteiger partial charge in [0.25, 0.3) is 0 Å². The van der Waals surface area contributed by atoms with Gasteiger partial charge in [-0.2, -0.15) is 0 Å². The SMILES string of the molecule is CN1CCc2ccccc2[C@@H]1C(=O)O. The summed E-state index contributed by atoms with van der Waals surface area (Å²) in [6, 6.07) is 7.30. The Balaban J connectivity index is 2.46. The number of nitrogens with zero attached hydrogens (tertiary/aromatic N) is 1. The molecule has 0 amide bonds. The van der Waals surface area contributed by atoms with Crippen molar-refractivity contribution in [2.24, 2.45) is 0 Å². The first kappa shape index (κ1) is 9.21. The molecule has 1 atom stereocenters. The molecule has 14 heavy (non-hydrogen) atoms. The number of hydrogen-bond donors (Lipinski definition) is 1. The fourth-order valence-corrected chi connectivity index (χ4v) is 2.01. The Kier molecular flexibility index (Phi) is 2.25. The summed E-state index contributed by atoms with van der Waals surface area (Å²) in [6.45, 7) is 0.813. The fourth-order valence-electron chi connectivity index (χ4n) is 2.01. The smallest absolute Gasteiger partial charge is 0.325 e. The first-order chi connectivity index (χ1) is 6.70. The molecule has 1 heterocycles. The molecule has 3 heteroatoms. The van der Waals surface area contributed by atoms with E-state index in [1.807, 2.05) is 36.2 Å². The molecule has 1 N–H and O–H groups in total. The minimum atomic E-state index is -0.764.